The van der Waals surface area contributed by atoms with Gasteiger partial charge in [-0.1, -0.05) is 0 Å². The van der Waals surface area contributed by atoms with Crippen molar-refractivity contribution >= 4 is 34.7 Å². The van der Waals surface area contributed by atoms with Gasteiger partial charge < -0.3 is 14.8 Å². The number of carbonyl (C=O) groups excluding carboxylic acids is 3. The number of esters is 1. The minimum atomic E-state index is -0.504. The van der Waals surface area contributed by atoms with Crippen molar-refractivity contribution in [3.8, 4) is 5.75 Å². The highest BCUT2D eigenvalue weighted by molar-refractivity contribution is 7.12. The molecule has 2 rings (SSSR count). The third kappa shape index (κ3) is 4.40. The average Bonchev–Trinajstić information content (AvgIpc) is 3.00. The number of methoxy groups -OCH3 is 1. The third-order valence-corrected chi connectivity index (χ3v) is 3.84. The van der Waals surface area contributed by atoms with Crippen LogP contribution in [0.4, 0.5) is 5.69 Å². The van der Waals surface area contributed by atoms with Gasteiger partial charge in [-0.3, -0.25) is 9.59 Å². The zero-order chi connectivity index (χ0) is 16.8. The fourth-order valence-corrected chi connectivity index (χ4v) is 2.55. The van der Waals surface area contributed by atoms with Crippen molar-refractivity contribution in [3.63, 3.8) is 0 Å². The molecule has 0 unspecified atom stereocenters. The number of ether oxygens (including phenoxy) is 2. The molecule has 120 valence electrons. The summed E-state index contributed by atoms with van der Waals surface area (Å²) in [6.07, 6.45) is 0. The molecule has 0 fully saturated rings. The van der Waals surface area contributed by atoms with Gasteiger partial charge >= 0.3 is 5.97 Å². The molecule has 0 atom stereocenters. The van der Waals surface area contributed by atoms with E-state index < -0.39 is 11.9 Å². The van der Waals surface area contributed by atoms with Gasteiger partial charge in [0.25, 0.3) is 5.91 Å². The molecule has 1 amide bonds. The number of thiophene rings is 1. The molecule has 6 nitrogen and oxygen atoms in total. The lowest BCUT2D eigenvalue weighted by molar-refractivity contribution is -0.118. The first-order chi connectivity index (χ1) is 11.0. The number of ketones is 1. The summed E-state index contributed by atoms with van der Waals surface area (Å²) in [6, 6.07) is 8.12. The largest absolute Gasteiger partial charge is 0.484 e. The van der Waals surface area contributed by atoms with Gasteiger partial charge in [-0.2, -0.15) is 0 Å². The molecule has 0 aliphatic heterocycles. The van der Waals surface area contributed by atoms with Crippen molar-refractivity contribution in [2.75, 3.05) is 19.0 Å². The maximum Gasteiger partial charge on any atom is 0.350 e. The third-order valence-electron chi connectivity index (χ3n) is 2.94. The van der Waals surface area contributed by atoms with Crippen molar-refractivity contribution in [1.82, 2.24) is 0 Å². The van der Waals surface area contributed by atoms with E-state index in [4.69, 9.17) is 4.74 Å². The second kappa shape index (κ2) is 7.55. The topological polar surface area (TPSA) is 81.7 Å². The highest BCUT2D eigenvalue weighted by atomic mass is 32.1. The zero-order valence-corrected chi connectivity index (χ0v) is 13.4. The quantitative estimate of drug-likeness (QED) is 0.649. The van der Waals surface area contributed by atoms with Crippen molar-refractivity contribution in [2.24, 2.45) is 0 Å². The van der Waals surface area contributed by atoms with Crippen LogP contribution in [0.5, 0.6) is 5.75 Å². The first-order valence-electron chi connectivity index (χ1n) is 6.70. The lowest BCUT2D eigenvalue weighted by Gasteiger charge is -2.08. The SMILES string of the molecule is COC(=O)c1sccc1NC(=O)COc1ccc(C(C)=O)cc1. The summed E-state index contributed by atoms with van der Waals surface area (Å²) in [5.41, 5.74) is 0.963. The van der Waals surface area contributed by atoms with Gasteiger partial charge in [0, 0.05) is 5.56 Å². The Morgan fingerprint density at radius 1 is 1.13 bits per heavy atom. The molecule has 0 aliphatic carbocycles. The zero-order valence-electron chi connectivity index (χ0n) is 12.6. The summed E-state index contributed by atoms with van der Waals surface area (Å²) >= 11 is 1.18. The van der Waals surface area contributed by atoms with Crippen molar-refractivity contribution in [1.29, 1.82) is 0 Å². The maximum absolute atomic E-state index is 11.9. The van der Waals surface area contributed by atoms with Crippen LogP contribution in [-0.2, 0) is 9.53 Å². The fourth-order valence-electron chi connectivity index (χ4n) is 1.78. The predicted molar refractivity (Wildman–Crippen MR) is 86.2 cm³/mol. The van der Waals surface area contributed by atoms with E-state index in [2.05, 4.69) is 10.1 Å². The van der Waals surface area contributed by atoms with Crippen LogP contribution in [0.25, 0.3) is 0 Å². The van der Waals surface area contributed by atoms with E-state index in [1.807, 2.05) is 0 Å². The van der Waals surface area contributed by atoms with Gasteiger partial charge in [-0.25, -0.2) is 4.79 Å². The number of Topliss-reactive ketones (excluding diaryl/α,β-unsaturated/α-hetero) is 1. The highest BCUT2D eigenvalue weighted by Gasteiger charge is 2.15. The molecule has 1 aromatic carbocycles. The number of amides is 1. The molecule has 0 saturated heterocycles. The van der Waals surface area contributed by atoms with Crippen LogP contribution < -0.4 is 10.1 Å². The molecule has 2 aromatic rings. The Balaban J connectivity index is 1.91. The highest BCUT2D eigenvalue weighted by Crippen LogP contribution is 2.23. The molecule has 0 bridgehead atoms. The number of carbonyl (C=O) groups is 3. The van der Waals surface area contributed by atoms with E-state index in [-0.39, 0.29) is 12.4 Å². The summed E-state index contributed by atoms with van der Waals surface area (Å²) in [4.78, 5) is 34.9. The number of nitrogens with one attached hydrogen (secondary N) is 1. The van der Waals surface area contributed by atoms with E-state index >= 15 is 0 Å². The van der Waals surface area contributed by atoms with E-state index in [0.29, 0.717) is 21.9 Å². The van der Waals surface area contributed by atoms with Crippen LogP contribution in [0, 0.1) is 0 Å². The summed E-state index contributed by atoms with van der Waals surface area (Å²) in [5, 5.41) is 4.28. The van der Waals surface area contributed by atoms with E-state index in [1.165, 1.54) is 25.4 Å². The predicted octanol–water partition coefficient (Wildman–Crippen LogP) is 2.75. The van der Waals surface area contributed by atoms with Gasteiger partial charge in [0.2, 0.25) is 0 Å². The lowest BCUT2D eigenvalue weighted by Crippen LogP contribution is -2.21. The molecule has 0 saturated carbocycles. The first kappa shape index (κ1) is 16.7. The van der Waals surface area contributed by atoms with E-state index in [1.54, 1.807) is 35.7 Å². The molecular formula is C16H15NO5S. The monoisotopic (exact) mass is 333 g/mol. The summed E-state index contributed by atoms with van der Waals surface area (Å²) in [5.74, 6) is -0.467. The Kier molecular flexibility index (Phi) is 5.48. The van der Waals surface area contributed by atoms with Crippen LogP contribution in [0.2, 0.25) is 0 Å². The molecule has 0 aliphatic rings. The standard InChI is InChI=1S/C16H15NO5S/c1-10(18)11-3-5-12(6-4-11)22-9-14(19)17-13-7-8-23-15(13)16(20)21-2/h3-8H,9H2,1-2H3,(H,17,19). The number of rotatable bonds is 6. The van der Waals surface area contributed by atoms with Crippen LogP contribution in [0.15, 0.2) is 35.7 Å². The summed E-state index contributed by atoms with van der Waals surface area (Å²) in [7, 11) is 1.28. The average molecular weight is 333 g/mol. The number of hydrogen-bond acceptors (Lipinski definition) is 6. The van der Waals surface area contributed by atoms with E-state index in [9.17, 15) is 14.4 Å². The van der Waals surface area contributed by atoms with E-state index in [0.717, 1.165) is 0 Å². The van der Waals surface area contributed by atoms with Crippen LogP contribution in [0.3, 0.4) is 0 Å². The molecular weight excluding hydrogens is 318 g/mol. The Morgan fingerprint density at radius 2 is 1.83 bits per heavy atom. The molecule has 1 aromatic heterocycles. The molecule has 1 heterocycles. The Hall–Kier alpha value is -2.67. The normalized spacial score (nSPS) is 10.0. The molecule has 7 heteroatoms. The second-order valence-corrected chi connectivity index (χ2v) is 5.49. The number of hydrogen-bond donors (Lipinski definition) is 1. The first-order valence-corrected chi connectivity index (χ1v) is 7.58. The van der Waals surface area contributed by atoms with Crippen LogP contribution in [0.1, 0.15) is 27.0 Å². The van der Waals surface area contributed by atoms with Crippen molar-refractivity contribution < 1.29 is 23.9 Å². The van der Waals surface area contributed by atoms with Gasteiger partial charge in [0.1, 0.15) is 10.6 Å². The van der Waals surface area contributed by atoms with Gasteiger partial charge in [-0.05, 0) is 42.6 Å². The van der Waals surface area contributed by atoms with Gasteiger partial charge in [-0.15, -0.1) is 11.3 Å². The molecule has 0 spiro atoms. The lowest BCUT2D eigenvalue weighted by atomic mass is 10.1. The number of benzene rings is 1. The van der Waals surface area contributed by atoms with Crippen molar-refractivity contribution in [2.45, 2.75) is 6.92 Å². The molecule has 1 N–H and O–H groups in total. The second-order valence-electron chi connectivity index (χ2n) is 4.57. The van der Waals surface area contributed by atoms with Crippen LogP contribution in [-0.4, -0.2) is 31.4 Å². The molecule has 23 heavy (non-hydrogen) atoms. The Labute approximate surface area is 137 Å². The molecule has 0 radical (unpaired) electrons. The van der Waals surface area contributed by atoms with Gasteiger partial charge in [0.05, 0.1) is 12.8 Å². The minimum absolute atomic E-state index is 0.0397. The van der Waals surface area contributed by atoms with Gasteiger partial charge in [0.15, 0.2) is 12.4 Å². The van der Waals surface area contributed by atoms with Crippen molar-refractivity contribution in [3.05, 3.63) is 46.2 Å². The maximum atomic E-state index is 11.9. The van der Waals surface area contributed by atoms with Crippen LogP contribution >= 0.6 is 11.3 Å². The smallest absolute Gasteiger partial charge is 0.350 e. The fraction of sp³-hybridized carbons (Fsp3) is 0.188. The minimum Gasteiger partial charge on any atom is -0.484 e. The summed E-state index contributed by atoms with van der Waals surface area (Å²) in [6.45, 7) is 1.26. The summed E-state index contributed by atoms with van der Waals surface area (Å²) < 4.78 is 9.98. The number of anilines is 1. The Morgan fingerprint density at radius 3 is 2.43 bits per heavy atom. The Bertz CT molecular complexity index is 720.